The van der Waals surface area contributed by atoms with Crippen LogP contribution in [-0.2, 0) is 6.42 Å². The van der Waals surface area contributed by atoms with Crippen LogP contribution in [0.2, 0.25) is 0 Å². The van der Waals surface area contributed by atoms with Crippen molar-refractivity contribution in [1.82, 2.24) is 0 Å². The Kier molecular flexibility index (Phi) is 5.45. The van der Waals surface area contributed by atoms with Crippen LogP contribution >= 0.6 is 0 Å². The molecule has 96 valence electrons. The zero-order valence-corrected chi connectivity index (χ0v) is 10.8. The van der Waals surface area contributed by atoms with E-state index in [1.54, 1.807) is 0 Å². The molecule has 0 unspecified atom stereocenters. The second kappa shape index (κ2) is 6.62. The SMILES string of the molecule is CCC(O)(CC)COc1ccc(CCN)cc1. The van der Waals surface area contributed by atoms with Crippen molar-refractivity contribution in [1.29, 1.82) is 0 Å². The molecule has 0 saturated carbocycles. The molecular weight excluding hydrogens is 214 g/mol. The van der Waals surface area contributed by atoms with Gasteiger partial charge in [-0.3, -0.25) is 0 Å². The summed E-state index contributed by atoms with van der Waals surface area (Å²) in [6.45, 7) is 4.94. The number of aliphatic hydroxyl groups is 1. The van der Waals surface area contributed by atoms with E-state index in [1.807, 2.05) is 38.1 Å². The lowest BCUT2D eigenvalue weighted by atomic mass is 9.99. The van der Waals surface area contributed by atoms with Crippen molar-refractivity contribution in [3.63, 3.8) is 0 Å². The monoisotopic (exact) mass is 237 g/mol. The normalized spacial score (nSPS) is 11.5. The van der Waals surface area contributed by atoms with Crippen LogP contribution in [-0.4, -0.2) is 23.9 Å². The fourth-order valence-corrected chi connectivity index (χ4v) is 1.59. The Balaban J connectivity index is 2.52. The van der Waals surface area contributed by atoms with Gasteiger partial charge in [0.25, 0.3) is 0 Å². The lowest BCUT2D eigenvalue weighted by molar-refractivity contribution is -0.0113. The molecule has 0 amide bonds. The number of hydrogen-bond donors (Lipinski definition) is 2. The third-order valence-electron chi connectivity index (χ3n) is 3.18. The van der Waals surface area contributed by atoms with Gasteiger partial charge < -0.3 is 15.6 Å². The first-order valence-corrected chi connectivity index (χ1v) is 6.27. The molecule has 0 aliphatic heterocycles. The zero-order valence-electron chi connectivity index (χ0n) is 10.8. The fourth-order valence-electron chi connectivity index (χ4n) is 1.59. The maximum absolute atomic E-state index is 10.1. The molecule has 1 rings (SSSR count). The molecule has 3 N–H and O–H groups in total. The molecule has 3 nitrogen and oxygen atoms in total. The second-order valence-electron chi connectivity index (χ2n) is 4.40. The highest BCUT2D eigenvalue weighted by Gasteiger charge is 2.22. The van der Waals surface area contributed by atoms with Crippen LogP contribution in [0.25, 0.3) is 0 Å². The minimum atomic E-state index is -0.712. The summed E-state index contributed by atoms with van der Waals surface area (Å²) in [6.07, 6.45) is 2.29. The molecule has 0 spiro atoms. The molecular formula is C14H23NO2. The van der Waals surface area contributed by atoms with Gasteiger partial charge in [0, 0.05) is 0 Å². The van der Waals surface area contributed by atoms with E-state index < -0.39 is 5.60 Å². The summed E-state index contributed by atoms with van der Waals surface area (Å²) in [6, 6.07) is 7.88. The first kappa shape index (κ1) is 14.0. The van der Waals surface area contributed by atoms with Crippen molar-refractivity contribution in [2.75, 3.05) is 13.2 Å². The number of benzene rings is 1. The number of rotatable bonds is 7. The molecule has 17 heavy (non-hydrogen) atoms. The number of hydrogen-bond acceptors (Lipinski definition) is 3. The molecule has 1 aromatic carbocycles. The van der Waals surface area contributed by atoms with E-state index in [9.17, 15) is 5.11 Å². The van der Waals surface area contributed by atoms with Gasteiger partial charge in [0.05, 0.1) is 5.60 Å². The van der Waals surface area contributed by atoms with Crippen molar-refractivity contribution in [2.24, 2.45) is 5.73 Å². The third kappa shape index (κ3) is 4.36. The topological polar surface area (TPSA) is 55.5 Å². The van der Waals surface area contributed by atoms with Gasteiger partial charge in [0.1, 0.15) is 12.4 Å². The summed E-state index contributed by atoms with van der Waals surface area (Å²) in [4.78, 5) is 0. The average Bonchev–Trinajstić information content (AvgIpc) is 2.38. The third-order valence-corrected chi connectivity index (χ3v) is 3.18. The molecule has 0 atom stereocenters. The van der Waals surface area contributed by atoms with Crippen molar-refractivity contribution < 1.29 is 9.84 Å². The summed E-state index contributed by atoms with van der Waals surface area (Å²) >= 11 is 0. The molecule has 0 fully saturated rings. The molecule has 0 radical (unpaired) electrons. The van der Waals surface area contributed by atoms with Crippen LogP contribution in [0.5, 0.6) is 5.75 Å². The van der Waals surface area contributed by atoms with Crippen molar-refractivity contribution in [3.8, 4) is 5.75 Å². The van der Waals surface area contributed by atoms with Gasteiger partial charge in [-0.1, -0.05) is 26.0 Å². The van der Waals surface area contributed by atoms with E-state index in [2.05, 4.69) is 0 Å². The molecule has 0 aromatic heterocycles. The van der Waals surface area contributed by atoms with Gasteiger partial charge >= 0.3 is 0 Å². The van der Waals surface area contributed by atoms with E-state index in [4.69, 9.17) is 10.5 Å². The average molecular weight is 237 g/mol. The maximum Gasteiger partial charge on any atom is 0.119 e. The number of nitrogens with two attached hydrogens (primary N) is 1. The van der Waals surface area contributed by atoms with Crippen LogP contribution in [0, 0.1) is 0 Å². The summed E-state index contributed by atoms with van der Waals surface area (Å²) in [5.74, 6) is 0.797. The Bertz CT molecular complexity index is 317. The van der Waals surface area contributed by atoms with Crippen LogP contribution in [0.4, 0.5) is 0 Å². The van der Waals surface area contributed by atoms with Gasteiger partial charge in [-0.15, -0.1) is 0 Å². The summed E-state index contributed by atoms with van der Waals surface area (Å²) < 4.78 is 5.60. The lowest BCUT2D eigenvalue weighted by Gasteiger charge is -2.25. The summed E-state index contributed by atoms with van der Waals surface area (Å²) in [7, 11) is 0. The Morgan fingerprint density at radius 3 is 2.24 bits per heavy atom. The molecule has 0 aliphatic rings. The lowest BCUT2D eigenvalue weighted by Crippen LogP contribution is -2.34. The largest absolute Gasteiger partial charge is 0.491 e. The summed E-state index contributed by atoms with van der Waals surface area (Å²) in [5.41, 5.74) is 5.98. The van der Waals surface area contributed by atoms with Gasteiger partial charge in [-0.25, -0.2) is 0 Å². The summed E-state index contributed by atoms with van der Waals surface area (Å²) in [5, 5.41) is 10.1. The van der Waals surface area contributed by atoms with Gasteiger partial charge in [0.2, 0.25) is 0 Å². The minimum Gasteiger partial charge on any atom is -0.491 e. The Morgan fingerprint density at radius 2 is 1.76 bits per heavy atom. The predicted octanol–water partition coefficient (Wildman–Crippen LogP) is 2.12. The highest BCUT2D eigenvalue weighted by atomic mass is 16.5. The Hall–Kier alpha value is -1.06. The van der Waals surface area contributed by atoms with Crippen LogP contribution in [0.1, 0.15) is 32.3 Å². The van der Waals surface area contributed by atoms with Gasteiger partial charge in [-0.05, 0) is 43.5 Å². The van der Waals surface area contributed by atoms with E-state index >= 15 is 0 Å². The van der Waals surface area contributed by atoms with Crippen molar-refractivity contribution in [3.05, 3.63) is 29.8 Å². The van der Waals surface area contributed by atoms with E-state index in [0.717, 1.165) is 12.2 Å². The highest BCUT2D eigenvalue weighted by molar-refractivity contribution is 5.27. The first-order chi connectivity index (χ1) is 8.13. The molecule has 3 heteroatoms. The standard InChI is InChI=1S/C14H23NO2/c1-3-14(16,4-2)11-17-13-7-5-12(6-8-13)9-10-15/h5-8,16H,3-4,9-11,15H2,1-2H3. The van der Waals surface area contributed by atoms with E-state index in [-0.39, 0.29) is 0 Å². The number of ether oxygens (including phenoxy) is 1. The fraction of sp³-hybridized carbons (Fsp3) is 0.571. The van der Waals surface area contributed by atoms with E-state index in [0.29, 0.717) is 26.0 Å². The minimum absolute atomic E-state index is 0.343. The van der Waals surface area contributed by atoms with Crippen LogP contribution in [0.15, 0.2) is 24.3 Å². The Morgan fingerprint density at radius 1 is 1.18 bits per heavy atom. The molecule has 1 aromatic rings. The van der Waals surface area contributed by atoms with Gasteiger partial charge in [-0.2, -0.15) is 0 Å². The molecule has 0 saturated heterocycles. The van der Waals surface area contributed by atoms with Crippen LogP contribution < -0.4 is 10.5 Å². The molecule has 0 aliphatic carbocycles. The van der Waals surface area contributed by atoms with Gasteiger partial charge in [0.15, 0.2) is 0 Å². The maximum atomic E-state index is 10.1. The first-order valence-electron chi connectivity index (χ1n) is 6.27. The van der Waals surface area contributed by atoms with Crippen LogP contribution in [0.3, 0.4) is 0 Å². The molecule has 0 heterocycles. The second-order valence-corrected chi connectivity index (χ2v) is 4.40. The highest BCUT2D eigenvalue weighted by Crippen LogP contribution is 2.18. The smallest absolute Gasteiger partial charge is 0.119 e. The van der Waals surface area contributed by atoms with Crippen molar-refractivity contribution >= 4 is 0 Å². The molecule has 0 bridgehead atoms. The Labute approximate surface area is 104 Å². The van der Waals surface area contributed by atoms with E-state index in [1.165, 1.54) is 5.56 Å². The predicted molar refractivity (Wildman–Crippen MR) is 70.2 cm³/mol. The quantitative estimate of drug-likeness (QED) is 0.763. The van der Waals surface area contributed by atoms with Crippen molar-refractivity contribution in [2.45, 2.75) is 38.7 Å². The zero-order chi connectivity index (χ0) is 12.7.